The van der Waals surface area contributed by atoms with Crippen molar-refractivity contribution in [2.75, 3.05) is 6.54 Å². The van der Waals surface area contributed by atoms with Crippen molar-refractivity contribution in [3.63, 3.8) is 0 Å². The average Bonchev–Trinajstić information content (AvgIpc) is 3.36. The number of fused-ring (bicyclic) bond motifs is 1. The second-order valence-electron chi connectivity index (χ2n) is 10.1. The number of carbonyl (C=O) groups is 2. The van der Waals surface area contributed by atoms with Crippen molar-refractivity contribution in [3.05, 3.63) is 64.7 Å². The Bertz CT molecular complexity index is 1010. The van der Waals surface area contributed by atoms with E-state index in [4.69, 9.17) is 4.74 Å². The number of amides is 2. The van der Waals surface area contributed by atoms with Crippen molar-refractivity contribution in [2.24, 2.45) is 5.92 Å². The summed E-state index contributed by atoms with van der Waals surface area (Å²) in [5.74, 6) is 1.00. The lowest BCUT2D eigenvalue weighted by Gasteiger charge is -2.39. The minimum absolute atomic E-state index is 0.0646. The van der Waals surface area contributed by atoms with Crippen molar-refractivity contribution in [2.45, 2.75) is 84.4 Å². The van der Waals surface area contributed by atoms with E-state index < -0.39 is 6.10 Å². The molecule has 2 unspecified atom stereocenters. The van der Waals surface area contributed by atoms with Crippen LogP contribution in [0.1, 0.15) is 81.2 Å². The zero-order chi connectivity index (χ0) is 24.2. The zero-order valence-electron chi connectivity index (χ0n) is 21.0. The predicted octanol–water partition coefficient (Wildman–Crippen LogP) is 5.34. The molecule has 4 rings (SSSR count). The molecule has 0 aromatic heterocycles. The van der Waals surface area contributed by atoms with Gasteiger partial charge in [-0.25, -0.2) is 0 Å². The quantitative estimate of drug-likeness (QED) is 0.604. The Labute approximate surface area is 203 Å². The molecule has 1 aliphatic heterocycles. The van der Waals surface area contributed by atoms with E-state index in [1.54, 1.807) is 0 Å². The number of hydrogen-bond donors (Lipinski definition) is 1. The maximum Gasteiger partial charge on any atom is 0.261 e. The largest absolute Gasteiger partial charge is 0.481 e. The number of benzene rings is 2. The number of nitrogens with one attached hydrogen (secondary N) is 1. The first kappa shape index (κ1) is 24.3. The van der Waals surface area contributed by atoms with Crippen molar-refractivity contribution in [1.82, 2.24) is 10.2 Å². The average molecular weight is 463 g/mol. The molecular formula is C29H38N2O3. The van der Waals surface area contributed by atoms with Crippen LogP contribution in [0.3, 0.4) is 0 Å². The maximum absolute atomic E-state index is 13.6. The van der Waals surface area contributed by atoms with Crippen LogP contribution in [0.4, 0.5) is 0 Å². The van der Waals surface area contributed by atoms with Gasteiger partial charge in [0.15, 0.2) is 6.10 Å². The van der Waals surface area contributed by atoms with Crippen LogP contribution in [0.5, 0.6) is 5.75 Å². The van der Waals surface area contributed by atoms with Crippen molar-refractivity contribution < 1.29 is 14.3 Å². The molecule has 1 saturated carbocycles. The third-order valence-electron chi connectivity index (χ3n) is 7.10. The van der Waals surface area contributed by atoms with Gasteiger partial charge in [-0.15, -0.1) is 0 Å². The Morgan fingerprint density at radius 2 is 1.79 bits per heavy atom. The van der Waals surface area contributed by atoms with E-state index in [9.17, 15) is 9.59 Å². The second kappa shape index (κ2) is 10.6. The van der Waals surface area contributed by atoms with E-state index in [2.05, 4.69) is 53.5 Å². The Morgan fingerprint density at radius 3 is 2.44 bits per heavy atom. The first-order chi connectivity index (χ1) is 16.4. The standard InChI is InChI=1S/C29H38N2O3/c1-5-26(28(32)30-19(2)3)34-24-15-14-21-16-17-31(29(33)23-8-6-7-9-23)27(25(21)18-24)22-12-10-20(4)11-13-22/h10-15,18-19,23,26-27H,5-9,16-17H2,1-4H3,(H,30,32). The molecule has 2 aromatic carbocycles. The van der Waals surface area contributed by atoms with Gasteiger partial charge in [0, 0.05) is 18.5 Å². The van der Waals surface area contributed by atoms with Gasteiger partial charge >= 0.3 is 0 Å². The summed E-state index contributed by atoms with van der Waals surface area (Å²) < 4.78 is 6.18. The van der Waals surface area contributed by atoms with E-state index in [-0.39, 0.29) is 29.8 Å². The summed E-state index contributed by atoms with van der Waals surface area (Å²) in [6.07, 6.45) is 5.16. The molecule has 2 atom stereocenters. The van der Waals surface area contributed by atoms with Gasteiger partial charge in [0.1, 0.15) is 5.75 Å². The number of ether oxygens (including phenoxy) is 1. The molecule has 0 saturated heterocycles. The molecule has 1 N–H and O–H groups in total. The third kappa shape index (κ3) is 5.29. The summed E-state index contributed by atoms with van der Waals surface area (Å²) in [5.41, 5.74) is 4.68. The van der Waals surface area contributed by atoms with Gasteiger partial charge in [0.25, 0.3) is 5.91 Å². The lowest BCUT2D eigenvalue weighted by atomic mass is 9.86. The molecule has 0 bridgehead atoms. The summed E-state index contributed by atoms with van der Waals surface area (Å²) in [5, 5.41) is 2.95. The molecule has 1 heterocycles. The number of hydrogen-bond acceptors (Lipinski definition) is 3. The van der Waals surface area contributed by atoms with E-state index in [0.29, 0.717) is 12.2 Å². The first-order valence-corrected chi connectivity index (χ1v) is 12.8. The Kier molecular flexibility index (Phi) is 7.60. The molecule has 0 radical (unpaired) electrons. The first-order valence-electron chi connectivity index (χ1n) is 12.8. The van der Waals surface area contributed by atoms with E-state index in [1.165, 1.54) is 11.1 Å². The van der Waals surface area contributed by atoms with Gasteiger partial charge in [-0.3, -0.25) is 9.59 Å². The molecule has 1 fully saturated rings. The summed E-state index contributed by atoms with van der Waals surface area (Å²) in [6.45, 7) is 8.67. The second-order valence-corrected chi connectivity index (χ2v) is 10.1. The molecule has 34 heavy (non-hydrogen) atoms. The minimum Gasteiger partial charge on any atom is -0.481 e. The lowest BCUT2D eigenvalue weighted by Crippen LogP contribution is -2.43. The fourth-order valence-electron chi connectivity index (χ4n) is 5.28. The molecule has 5 heteroatoms. The van der Waals surface area contributed by atoms with Crippen LogP contribution in [0.25, 0.3) is 0 Å². The van der Waals surface area contributed by atoms with Crippen LogP contribution in [-0.2, 0) is 16.0 Å². The highest BCUT2D eigenvalue weighted by atomic mass is 16.5. The van der Waals surface area contributed by atoms with E-state index >= 15 is 0 Å². The molecule has 0 spiro atoms. The van der Waals surface area contributed by atoms with E-state index in [1.807, 2.05) is 26.8 Å². The van der Waals surface area contributed by atoms with Crippen LogP contribution < -0.4 is 10.1 Å². The summed E-state index contributed by atoms with van der Waals surface area (Å²) in [6, 6.07) is 14.6. The number of rotatable bonds is 7. The van der Waals surface area contributed by atoms with Crippen LogP contribution in [-0.4, -0.2) is 35.4 Å². The molecule has 2 aliphatic rings. The van der Waals surface area contributed by atoms with Crippen molar-refractivity contribution >= 4 is 11.8 Å². The molecule has 182 valence electrons. The fourth-order valence-corrected chi connectivity index (χ4v) is 5.28. The number of carbonyl (C=O) groups excluding carboxylic acids is 2. The van der Waals surface area contributed by atoms with Gasteiger partial charge in [-0.05, 0) is 75.3 Å². The Balaban J connectivity index is 1.68. The normalized spacial score (nSPS) is 19.1. The van der Waals surface area contributed by atoms with Crippen LogP contribution in [0.15, 0.2) is 42.5 Å². The fraction of sp³-hybridized carbons (Fsp3) is 0.517. The maximum atomic E-state index is 13.6. The van der Waals surface area contributed by atoms with E-state index in [0.717, 1.165) is 49.8 Å². The molecule has 2 amide bonds. The summed E-state index contributed by atoms with van der Waals surface area (Å²) in [7, 11) is 0. The third-order valence-corrected chi connectivity index (χ3v) is 7.10. The van der Waals surface area contributed by atoms with Crippen LogP contribution >= 0.6 is 0 Å². The smallest absolute Gasteiger partial charge is 0.261 e. The summed E-state index contributed by atoms with van der Waals surface area (Å²) in [4.78, 5) is 28.3. The summed E-state index contributed by atoms with van der Waals surface area (Å²) >= 11 is 0. The highest BCUT2D eigenvalue weighted by Gasteiger charge is 2.36. The highest BCUT2D eigenvalue weighted by Crippen LogP contribution is 2.40. The molecule has 2 aromatic rings. The topological polar surface area (TPSA) is 58.6 Å². The Morgan fingerprint density at radius 1 is 1.09 bits per heavy atom. The van der Waals surface area contributed by atoms with Crippen LogP contribution in [0, 0.1) is 12.8 Å². The van der Waals surface area contributed by atoms with Crippen molar-refractivity contribution in [3.8, 4) is 5.75 Å². The molecular weight excluding hydrogens is 424 g/mol. The van der Waals surface area contributed by atoms with Crippen LogP contribution in [0.2, 0.25) is 0 Å². The SMILES string of the molecule is CCC(Oc1ccc2c(c1)C(c1ccc(C)cc1)N(C(=O)C1CCCC1)CC2)C(=O)NC(C)C. The number of aryl methyl sites for hydroxylation is 1. The minimum atomic E-state index is -0.543. The van der Waals surface area contributed by atoms with Gasteiger partial charge in [0.2, 0.25) is 5.91 Å². The molecule has 5 nitrogen and oxygen atoms in total. The van der Waals surface area contributed by atoms with Gasteiger partial charge < -0.3 is 15.0 Å². The Hall–Kier alpha value is -2.82. The van der Waals surface area contributed by atoms with Crippen molar-refractivity contribution in [1.29, 1.82) is 0 Å². The zero-order valence-corrected chi connectivity index (χ0v) is 21.0. The lowest BCUT2D eigenvalue weighted by molar-refractivity contribution is -0.137. The predicted molar refractivity (Wildman–Crippen MR) is 135 cm³/mol. The van der Waals surface area contributed by atoms with Gasteiger partial charge in [-0.1, -0.05) is 55.7 Å². The number of nitrogens with zero attached hydrogens (tertiary/aromatic N) is 1. The monoisotopic (exact) mass is 462 g/mol. The van der Waals surface area contributed by atoms with Gasteiger partial charge in [0.05, 0.1) is 6.04 Å². The highest BCUT2D eigenvalue weighted by molar-refractivity contribution is 5.81. The van der Waals surface area contributed by atoms with Gasteiger partial charge in [-0.2, -0.15) is 0 Å². The molecule has 1 aliphatic carbocycles.